The number of halogens is 1. The highest BCUT2D eigenvalue weighted by Crippen LogP contribution is 2.19. The second-order valence-corrected chi connectivity index (χ2v) is 4.18. The lowest BCUT2D eigenvalue weighted by molar-refractivity contribution is 0.0447. The zero-order valence-electron chi connectivity index (χ0n) is 8.40. The van der Waals surface area contributed by atoms with Crippen molar-refractivity contribution in [2.45, 2.75) is 12.5 Å². The van der Waals surface area contributed by atoms with E-state index in [1.165, 1.54) is 12.1 Å². The molecule has 0 atom stereocenters. The first-order valence-corrected chi connectivity index (χ1v) is 4.68. The van der Waals surface area contributed by atoms with Gasteiger partial charge in [0.2, 0.25) is 0 Å². The molecule has 1 fully saturated rings. The van der Waals surface area contributed by atoms with Crippen molar-refractivity contribution >= 4 is 5.91 Å². The van der Waals surface area contributed by atoms with Crippen LogP contribution in [0.1, 0.15) is 17.4 Å². The Balaban J connectivity index is 2.07. The molecule has 4 nitrogen and oxygen atoms in total. The second-order valence-electron chi connectivity index (χ2n) is 4.18. The van der Waals surface area contributed by atoms with E-state index >= 15 is 0 Å². The molecule has 0 bridgehead atoms. The first-order valence-electron chi connectivity index (χ1n) is 4.68. The molecule has 0 spiro atoms. The normalized spacial score (nSPS) is 18.5. The molecule has 1 amide bonds. The highest BCUT2D eigenvalue weighted by molar-refractivity contribution is 5.93. The number of carbonyl (C=O) groups excluding carboxylic acids is 1. The van der Waals surface area contributed by atoms with Crippen molar-refractivity contribution in [3.63, 3.8) is 0 Å². The standard InChI is InChI=1S/C10H12FN3O/c1-10(12)5-14(6-10)9(15)8-3-2-7(11)4-13-8/h2-4H,5-6,12H2,1H3. The van der Waals surface area contributed by atoms with Gasteiger partial charge in [-0.05, 0) is 19.1 Å². The zero-order valence-corrected chi connectivity index (χ0v) is 8.40. The van der Waals surface area contributed by atoms with E-state index in [1.807, 2.05) is 6.92 Å². The van der Waals surface area contributed by atoms with Gasteiger partial charge in [0.25, 0.3) is 5.91 Å². The zero-order chi connectivity index (χ0) is 11.1. The van der Waals surface area contributed by atoms with Crippen LogP contribution < -0.4 is 5.73 Å². The molecule has 1 saturated heterocycles. The van der Waals surface area contributed by atoms with E-state index in [-0.39, 0.29) is 17.1 Å². The monoisotopic (exact) mass is 209 g/mol. The van der Waals surface area contributed by atoms with E-state index in [4.69, 9.17) is 5.73 Å². The quantitative estimate of drug-likeness (QED) is 0.728. The number of nitrogens with zero attached hydrogens (tertiary/aromatic N) is 2. The van der Waals surface area contributed by atoms with Crippen molar-refractivity contribution in [3.8, 4) is 0 Å². The molecule has 1 aromatic heterocycles. The van der Waals surface area contributed by atoms with E-state index in [0.29, 0.717) is 13.1 Å². The Morgan fingerprint density at radius 3 is 2.73 bits per heavy atom. The van der Waals surface area contributed by atoms with Gasteiger partial charge >= 0.3 is 0 Å². The molecule has 0 saturated carbocycles. The SMILES string of the molecule is CC1(N)CN(C(=O)c2ccc(F)cn2)C1. The summed E-state index contributed by atoms with van der Waals surface area (Å²) < 4.78 is 12.6. The Bertz CT molecular complexity index is 380. The minimum atomic E-state index is -0.446. The van der Waals surface area contributed by atoms with Crippen LogP contribution in [0.5, 0.6) is 0 Å². The Morgan fingerprint density at radius 2 is 2.27 bits per heavy atom. The molecular weight excluding hydrogens is 197 g/mol. The fourth-order valence-corrected chi connectivity index (χ4v) is 1.63. The molecule has 0 aromatic carbocycles. The summed E-state index contributed by atoms with van der Waals surface area (Å²) in [5.41, 5.74) is 5.74. The van der Waals surface area contributed by atoms with Gasteiger partial charge in [0.15, 0.2) is 0 Å². The Morgan fingerprint density at radius 1 is 1.60 bits per heavy atom. The number of hydrogen-bond donors (Lipinski definition) is 1. The third-order valence-electron chi connectivity index (χ3n) is 2.34. The lowest BCUT2D eigenvalue weighted by Gasteiger charge is -2.45. The maximum Gasteiger partial charge on any atom is 0.272 e. The summed E-state index contributed by atoms with van der Waals surface area (Å²) in [6, 6.07) is 2.60. The van der Waals surface area contributed by atoms with E-state index in [9.17, 15) is 9.18 Å². The molecule has 1 aliphatic heterocycles. The number of nitrogens with two attached hydrogens (primary N) is 1. The van der Waals surface area contributed by atoms with Crippen molar-refractivity contribution in [2.75, 3.05) is 13.1 Å². The summed E-state index contributed by atoms with van der Waals surface area (Å²) in [6.45, 7) is 2.92. The molecule has 2 heterocycles. The van der Waals surface area contributed by atoms with Crippen molar-refractivity contribution in [3.05, 3.63) is 29.8 Å². The van der Waals surface area contributed by atoms with Crippen LogP contribution in [0.4, 0.5) is 4.39 Å². The van der Waals surface area contributed by atoms with Crippen LogP contribution in [-0.2, 0) is 0 Å². The van der Waals surface area contributed by atoms with Crippen LogP contribution in [0.3, 0.4) is 0 Å². The van der Waals surface area contributed by atoms with Gasteiger partial charge in [0.05, 0.1) is 6.20 Å². The molecular formula is C10H12FN3O. The summed E-state index contributed by atoms with van der Waals surface area (Å²) in [5, 5.41) is 0. The summed E-state index contributed by atoms with van der Waals surface area (Å²) in [6.07, 6.45) is 1.04. The fraction of sp³-hybridized carbons (Fsp3) is 0.400. The largest absolute Gasteiger partial charge is 0.334 e. The molecule has 0 radical (unpaired) electrons. The van der Waals surface area contributed by atoms with E-state index < -0.39 is 5.82 Å². The number of carbonyl (C=O) groups is 1. The topological polar surface area (TPSA) is 59.2 Å². The lowest BCUT2D eigenvalue weighted by atomic mass is 9.93. The number of amides is 1. The third kappa shape index (κ3) is 1.97. The van der Waals surface area contributed by atoms with Gasteiger partial charge in [-0.1, -0.05) is 0 Å². The second kappa shape index (κ2) is 3.27. The number of aromatic nitrogens is 1. The van der Waals surface area contributed by atoms with Gasteiger partial charge in [-0.25, -0.2) is 9.37 Å². The fourth-order valence-electron chi connectivity index (χ4n) is 1.63. The predicted molar refractivity (Wildman–Crippen MR) is 52.7 cm³/mol. The van der Waals surface area contributed by atoms with Gasteiger partial charge in [-0.3, -0.25) is 4.79 Å². The molecule has 2 N–H and O–H groups in total. The highest BCUT2D eigenvalue weighted by Gasteiger charge is 2.38. The molecule has 0 aliphatic carbocycles. The van der Waals surface area contributed by atoms with Crippen LogP contribution in [0, 0.1) is 5.82 Å². The highest BCUT2D eigenvalue weighted by atomic mass is 19.1. The van der Waals surface area contributed by atoms with Gasteiger partial charge in [-0.15, -0.1) is 0 Å². The van der Waals surface area contributed by atoms with Crippen LogP contribution in [0.15, 0.2) is 18.3 Å². The average molecular weight is 209 g/mol. The van der Waals surface area contributed by atoms with Crippen LogP contribution >= 0.6 is 0 Å². The maximum absolute atomic E-state index is 12.6. The maximum atomic E-state index is 12.6. The van der Waals surface area contributed by atoms with Crippen molar-refractivity contribution in [1.29, 1.82) is 0 Å². The Kier molecular flexibility index (Phi) is 2.19. The number of likely N-dealkylation sites (tertiary alicyclic amines) is 1. The smallest absolute Gasteiger partial charge is 0.272 e. The Labute approximate surface area is 86.9 Å². The van der Waals surface area contributed by atoms with Crippen molar-refractivity contribution in [1.82, 2.24) is 9.88 Å². The summed E-state index contributed by atoms with van der Waals surface area (Å²) in [4.78, 5) is 17.0. The first-order chi connectivity index (χ1) is 6.98. The van der Waals surface area contributed by atoms with Crippen molar-refractivity contribution < 1.29 is 9.18 Å². The average Bonchev–Trinajstić information content (AvgIpc) is 2.14. The van der Waals surface area contributed by atoms with Crippen molar-refractivity contribution in [2.24, 2.45) is 5.73 Å². The third-order valence-corrected chi connectivity index (χ3v) is 2.34. The van der Waals surface area contributed by atoms with Crippen LogP contribution in [0.2, 0.25) is 0 Å². The number of rotatable bonds is 1. The molecule has 5 heteroatoms. The number of hydrogen-bond acceptors (Lipinski definition) is 3. The van der Waals surface area contributed by atoms with Gasteiger partial charge in [0, 0.05) is 18.6 Å². The molecule has 80 valence electrons. The number of pyridine rings is 1. The molecule has 15 heavy (non-hydrogen) atoms. The van der Waals surface area contributed by atoms with Crippen LogP contribution in [0.25, 0.3) is 0 Å². The Hall–Kier alpha value is -1.49. The predicted octanol–water partition coefficient (Wildman–Crippen LogP) is 0.394. The van der Waals surface area contributed by atoms with E-state index in [2.05, 4.69) is 4.98 Å². The van der Waals surface area contributed by atoms with Crippen LogP contribution in [-0.4, -0.2) is 34.4 Å². The minimum Gasteiger partial charge on any atom is -0.334 e. The summed E-state index contributed by atoms with van der Waals surface area (Å²) in [5.74, 6) is -0.642. The van der Waals surface area contributed by atoms with E-state index in [0.717, 1.165) is 6.20 Å². The van der Waals surface area contributed by atoms with Gasteiger partial charge in [-0.2, -0.15) is 0 Å². The molecule has 1 aliphatic rings. The molecule has 1 aromatic rings. The van der Waals surface area contributed by atoms with Gasteiger partial charge < -0.3 is 10.6 Å². The summed E-state index contributed by atoms with van der Waals surface area (Å²) in [7, 11) is 0. The minimum absolute atomic E-state index is 0.196. The molecule has 0 unspecified atom stereocenters. The lowest BCUT2D eigenvalue weighted by Crippen LogP contribution is -2.66. The van der Waals surface area contributed by atoms with Gasteiger partial charge in [0.1, 0.15) is 11.5 Å². The first kappa shape index (κ1) is 10.0. The van der Waals surface area contributed by atoms with E-state index in [1.54, 1.807) is 4.90 Å². The summed E-state index contributed by atoms with van der Waals surface area (Å²) >= 11 is 0. The molecule has 2 rings (SSSR count).